The molecule has 1 atom stereocenters. The van der Waals surface area contributed by atoms with Gasteiger partial charge in [-0.2, -0.15) is 0 Å². The van der Waals surface area contributed by atoms with Crippen LogP contribution in [0.4, 0.5) is 0 Å². The first-order valence-electron chi connectivity index (χ1n) is 6.91. The van der Waals surface area contributed by atoms with Crippen molar-refractivity contribution in [3.8, 4) is 0 Å². The van der Waals surface area contributed by atoms with Crippen molar-refractivity contribution in [3.63, 3.8) is 0 Å². The smallest absolute Gasteiger partial charge is 0.0431 e. The van der Waals surface area contributed by atoms with Gasteiger partial charge in [-0.25, -0.2) is 0 Å². The van der Waals surface area contributed by atoms with E-state index in [-0.39, 0.29) is 5.41 Å². The molecule has 19 heavy (non-hydrogen) atoms. The van der Waals surface area contributed by atoms with Crippen LogP contribution in [0.15, 0.2) is 48.7 Å². The van der Waals surface area contributed by atoms with Gasteiger partial charge in [0.1, 0.15) is 0 Å². The minimum atomic E-state index is 0.257. The number of hydrogen-bond donors (Lipinski definition) is 1. The summed E-state index contributed by atoms with van der Waals surface area (Å²) < 4.78 is 0. The molecule has 98 valence electrons. The van der Waals surface area contributed by atoms with Gasteiger partial charge in [0.25, 0.3) is 0 Å². The highest BCUT2D eigenvalue weighted by molar-refractivity contribution is 5.37. The summed E-state index contributed by atoms with van der Waals surface area (Å²) in [5.41, 5.74) is 4.06. The summed E-state index contributed by atoms with van der Waals surface area (Å²) in [7, 11) is 2.05. The zero-order valence-electron chi connectivity index (χ0n) is 11.6. The number of aromatic nitrogens is 1. The van der Waals surface area contributed by atoms with E-state index >= 15 is 0 Å². The van der Waals surface area contributed by atoms with E-state index in [4.69, 9.17) is 0 Å². The summed E-state index contributed by atoms with van der Waals surface area (Å²) in [6.07, 6.45) is 4.51. The zero-order chi connectivity index (χ0) is 13.3. The molecule has 0 spiro atoms. The van der Waals surface area contributed by atoms with E-state index in [1.807, 2.05) is 20.2 Å². The second-order valence-electron chi connectivity index (χ2n) is 5.48. The molecule has 2 heteroatoms. The van der Waals surface area contributed by atoms with Crippen LogP contribution in [0.2, 0.25) is 0 Å². The molecule has 3 rings (SSSR count). The fourth-order valence-corrected chi connectivity index (χ4v) is 3.06. The Morgan fingerprint density at radius 2 is 1.84 bits per heavy atom. The molecule has 2 nitrogen and oxygen atoms in total. The van der Waals surface area contributed by atoms with Crippen molar-refractivity contribution in [2.45, 2.75) is 31.2 Å². The van der Waals surface area contributed by atoms with Crippen molar-refractivity contribution in [3.05, 3.63) is 65.5 Å². The molecule has 1 saturated carbocycles. The molecular weight excluding hydrogens is 232 g/mol. The Kier molecular flexibility index (Phi) is 3.11. The topological polar surface area (TPSA) is 24.9 Å². The van der Waals surface area contributed by atoms with Crippen LogP contribution in [0.1, 0.15) is 35.7 Å². The lowest BCUT2D eigenvalue weighted by Crippen LogP contribution is -2.29. The highest BCUT2D eigenvalue weighted by Crippen LogP contribution is 2.56. The zero-order valence-corrected chi connectivity index (χ0v) is 11.6. The number of nitrogens with zero attached hydrogens (tertiary/aromatic N) is 1. The molecule has 0 aliphatic heterocycles. The van der Waals surface area contributed by atoms with Crippen LogP contribution in [0.25, 0.3) is 0 Å². The average Bonchev–Trinajstić information content (AvgIpc) is 3.24. The molecule has 0 saturated heterocycles. The Labute approximate surface area is 114 Å². The average molecular weight is 252 g/mol. The lowest BCUT2D eigenvalue weighted by atomic mass is 9.84. The van der Waals surface area contributed by atoms with E-state index in [0.717, 1.165) is 5.69 Å². The maximum absolute atomic E-state index is 4.44. The summed E-state index contributed by atoms with van der Waals surface area (Å²) >= 11 is 0. The van der Waals surface area contributed by atoms with Gasteiger partial charge in [-0.05, 0) is 44.0 Å². The Morgan fingerprint density at radius 1 is 1.11 bits per heavy atom. The first-order chi connectivity index (χ1) is 9.26. The Hall–Kier alpha value is -1.67. The lowest BCUT2D eigenvalue weighted by Gasteiger charge is -2.27. The quantitative estimate of drug-likeness (QED) is 0.902. The van der Waals surface area contributed by atoms with Gasteiger partial charge in [0.05, 0.1) is 0 Å². The van der Waals surface area contributed by atoms with Crippen molar-refractivity contribution < 1.29 is 0 Å². The van der Waals surface area contributed by atoms with E-state index in [0.29, 0.717) is 6.04 Å². The van der Waals surface area contributed by atoms with Crippen molar-refractivity contribution in [1.29, 1.82) is 0 Å². The predicted molar refractivity (Wildman–Crippen MR) is 78.1 cm³/mol. The summed E-state index contributed by atoms with van der Waals surface area (Å²) in [6.45, 7) is 2.03. The Bertz CT molecular complexity index is 541. The van der Waals surface area contributed by atoms with Crippen molar-refractivity contribution >= 4 is 0 Å². The maximum atomic E-state index is 4.44. The molecule has 0 amide bonds. The number of hydrogen-bond acceptors (Lipinski definition) is 2. The first kappa shape index (κ1) is 12.4. The van der Waals surface area contributed by atoms with Crippen molar-refractivity contribution in [2.24, 2.45) is 0 Å². The third-order valence-electron chi connectivity index (χ3n) is 4.25. The summed E-state index contributed by atoms with van der Waals surface area (Å²) in [6, 6.07) is 15.5. The minimum absolute atomic E-state index is 0.257. The molecule has 1 aliphatic carbocycles. The fourth-order valence-electron chi connectivity index (χ4n) is 3.06. The molecular formula is C17H20N2. The van der Waals surface area contributed by atoms with Crippen molar-refractivity contribution in [1.82, 2.24) is 10.3 Å². The van der Waals surface area contributed by atoms with E-state index in [2.05, 4.69) is 52.8 Å². The van der Waals surface area contributed by atoms with Gasteiger partial charge in [0.2, 0.25) is 0 Å². The van der Waals surface area contributed by atoms with Crippen LogP contribution in [0, 0.1) is 6.92 Å². The van der Waals surface area contributed by atoms with Gasteiger partial charge in [-0.3, -0.25) is 4.98 Å². The second-order valence-corrected chi connectivity index (χ2v) is 5.48. The van der Waals surface area contributed by atoms with Crippen molar-refractivity contribution in [2.75, 3.05) is 7.05 Å². The normalized spacial score (nSPS) is 18.0. The number of rotatable bonds is 4. The molecule has 1 aliphatic rings. The number of nitrogens with one attached hydrogen (secondary N) is 1. The maximum Gasteiger partial charge on any atom is 0.0431 e. The summed E-state index contributed by atoms with van der Waals surface area (Å²) in [4.78, 5) is 4.44. The number of pyridine rings is 1. The van der Waals surface area contributed by atoms with E-state index in [1.54, 1.807) is 0 Å². The molecule has 1 aromatic carbocycles. The van der Waals surface area contributed by atoms with Gasteiger partial charge in [-0.15, -0.1) is 0 Å². The fraction of sp³-hybridized carbons (Fsp3) is 0.353. The molecule has 1 fully saturated rings. The Balaban J connectivity index is 1.97. The number of likely N-dealkylation sites (N-methyl/N-ethyl adjacent to an activating group) is 1. The van der Waals surface area contributed by atoms with Gasteiger partial charge in [-0.1, -0.05) is 36.4 Å². The SMILES string of the molecule is CNC(c1ccc(C)nc1)C1(c2ccccc2)CC1. The molecule has 1 N–H and O–H groups in total. The molecule has 2 aromatic rings. The highest BCUT2D eigenvalue weighted by Gasteiger charge is 2.50. The second kappa shape index (κ2) is 4.78. The van der Waals surface area contributed by atoms with Gasteiger partial charge in [0, 0.05) is 23.3 Å². The van der Waals surface area contributed by atoms with E-state index in [9.17, 15) is 0 Å². The van der Waals surface area contributed by atoms with Gasteiger partial charge >= 0.3 is 0 Å². The lowest BCUT2D eigenvalue weighted by molar-refractivity contribution is 0.462. The van der Waals surface area contributed by atoms with Crippen LogP contribution in [-0.2, 0) is 5.41 Å². The largest absolute Gasteiger partial charge is 0.312 e. The molecule has 1 unspecified atom stereocenters. The van der Waals surface area contributed by atoms with Gasteiger partial charge in [0.15, 0.2) is 0 Å². The predicted octanol–water partition coefficient (Wildman–Crippen LogP) is 3.38. The van der Waals surface area contributed by atoms with Crippen LogP contribution < -0.4 is 5.32 Å². The monoisotopic (exact) mass is 252 g/mol. The standard InChI is InChI=1S/C17H20N2/c1-13-8-9-14(12-19-13)16(18-2)17(10-11-17)15-6-4-3-5-7-15/h3-9,12,16,18H,10-11H2,1-2H3. The minimum Gasteiger partial charge on any atom is -0.312 e. The molecule has 0 radical (unpaired) electrons. The van der Waals surface area contributed by atoms with Crippen LogP contribution in [0.3, 0.4) is 0 Å². The summed E-state index contributed by atoms with van der Waals surface area (Å²) in [5, 5.41) is 3.50. The number of benzene rings is 1. The molecule has 1 heterocycles. The molecule has 0 bridgehead atoms. The third-order valence-corrected chi connectivity index (χ3v) is 4.25. The van der Waals surface area contributed by atoms with Crippen LogP contribution in [0.5, 0.6) is 0 Å². The van der Waals surface area contributed by atoms with E-state index in [1.165, 1.54) is 24.0 Å². The third kappa shape index (κ3) is 2.17. The summed E-state index contributed by atoms with van der Waals surface area (Å²) in [5.74, 6) is 0. The Morgan fingerprint density at radius 3 is 2.37 bits per heavy atom. The van der Waals surface area contributed by atoms with Crippen LogP contribution >= 0.6 is 0 Å². The molecule has 1 aromatic heterocycles. The number of aryl methyl sites for hydroxylation is 1. The van der Waals surface area contributed by atoms with Crippen LogP contribution in [-0.4, -0.2) is 12.0 Å². The van der Waals surface area contributed by atoms with E-state index < -0.39 is 0 Å². The highest BCUT2D eigenvalue weighted by atomic mass is 14.9. The first-order valence-corrected chi connectivity index (χ1v) is 6.91. The van der Waals surface area contributed by atoms with Gasteiger partial charge < -0.3 is 5.32 Å².